The van der Waals surface area contributed by atoms with E-state index in [0.29, 0.717) is 31.0 Å². The topological polar surface area (TPSA) is 88.9 Å². The van der Waals surface area contributed by atoms with E-state index in [2.05, 4.69) is 49.7 Å². The number of aromatic amines is 1. The summed E-state index contributed by atoms with van der Waals surface area (Å²) in [6, 6.07) is 6.14. The van der Waals surface area contributed by atoms with E-state index in [1.165, 1.54) is 6.08 Å². The Morgan fingerprint density at radius 3 is 2.82 bits per heavy atom. The smallest absolute Gasteiger partial charge is 0.245 e. The molecule has 2 saturated heterocycles. The van der Waals surface area contributed by atoms with Gasteiger partial charge in [-0.15, -0.1) is 0 Å². The zero-order chi connectivity index (χ0) is 26.8. The third kappa shape index (κ3) is 3.55. The van der Waals surface area contributed by atoms with Crippen LogP contribution in [0.1, 0.15) is 49.1 Å². The Morgan fingerprint density at radius 1 is 1.32 bits per heavy atom. The highest BCUT2D eigenvalue weighted by Crippen LogP contribution is 2.50. The highest BCUT2D eigenvalue weighted by atomic mass is 19.1. The van der Waals surface area contributed by atoms with Crippen LogP contribution >= 0.6 is 0 Å². The molecule has 6 rings (SSSR count). The fraction of sp³-hybridized carbons (Fsp3) is 0.467. The van der Waals surface area contributed by atoms with Gasteiger partial charge in [0.2, 0.25) is 5.91 Å². The zero-order valence-corrected chi connectivity index (χ0v) is 22.3. The van der Waals surface area contributed by atoms with Gasteiger partial charge in [0.15, 0.2) is 0 Å². The van der Waals surface area contributed by atoms with Crippen LogP contribution in [0.4, 0.5) is 10.2 Å². The molecule has 0 radical (unpaired) electrons. The Labute approximate surface area is 222 Å². The van der Waals surface area contributed by atoms with Crippen molar-refractivity contribution in [2.24, 2.45) is 10.8 Å². The maximum absolute atomic E-state index is 14.8. The van der Waals surface area contributed by atoms with E-state index in [-0.39, 0.29) is 16.7 Å². The summed E-state index contributed by atoms with van der Waals surface area (Å²) in [7, 11) is 0. The number of nitrogens with zero attached hydrogens (tertiary/aromatic N) is 5. The van der Waals surface area contributed by atoms with Crippen LogP contribution in [0, 0.1) is 29.1 Å². The van der Waals surface area contributed by atoms with Crippen molar-refractivity contribution in [3.8, 4) is 17.2 Å². The number of halogens is 1. The highest BCUT2D eigenvalue weighted by Gasteiger charge is 2.56. The van der Waals surface area contributed by atoms with Crippen molar-refractivity contribution in [1.82, 2.24) is 20.1 Å². The molecule has 196 valence electrons. The van der Waals surface area contributed by atoms with Gasteiger partial charge in [-0.25, -0.2) is 9.37 Å². The van der Waals surface area contributed by atoms with E-state index >= 15 is 0 Å². The van der Waals surface area contributed by atoms with Crippen molar-refractivity contribution < 1.29 is 9.18 Å². The molecule has 0 unspecified atom stereocenters. The van der Waals surface area contributed by atoms with Gasteiger partial charge in [0.25, 0.3) is 0 Å². The Balaban J connectivity index is 1.54. The van der Waals surface area contributed by atoms with Crippen LogP contribution < -0.4 is 4.90 Å². The van der Waals surface area contributed by atoms with Crippen molar-refractivity contribution in [3.05, 3.63) is 53.4 Å². The summed E-state index contributed by atoms with van der Waals surface area (Å²) >= 11 is 0. The molecule has 1 atom stereocenters. The van der Waals surface area contributed by atoms with Gasteiger partial charge in [-0.3, -0.25) is 9.89 Å². The van der Waals surface area contributed by atoms with Gasteiger partial charge in [0.05, 0.1) is 17.8 Å². The van der Waals surface area contributed by atoms with E-state index in [1.807, 2.05) is 17.2 Å². The molecule has 2 aromatic heterocycles. The SMILES string of the molecule is C=CC(=O)N1CC2(CCN(c3nc4c(c(-c5c(C)ccc6[nH]ncc56)c3C#N)CCC(C)(C)C4)[C@@H]2CF)C1. The highest BCUT2D eigenvalue weighted by molar-refractivity contribution is 5.99. The molecule has 1 N–H and O–H groups in total. The summed E-state index contributed by atoms with van der Waals surface area (Å²) in [5, 5.41) is 19.0. The maximum atomic E-state index is 14.8. The standard InChI is InChI=1S/C30H33FN6O/c1-5-25(38)36-16-30(17-36)10-11-37(24(30)13-31)28-20(14-32)27(19-8-9-29(3,4)12-23(19)34-28)26-18(2)6-7-22-21(26)15-33-35-22/h5-7,15,24H,1,8-13,16-17H2,2-4H3,(H,33,35)/t24-/m1/s1. The second kappa shape index (κ2) is 8.65. The van der Waals surface area contributed by atoms with Gasteiger partial charge in [0, 0.05) is 41.7 Å². The summed E-state index contributed by atoms with van der Waals surface area (Å²) in [6.45, 7) is 11.2. The number of fused-ring (bicyclic) bond motifs is 2. The molecule has 8 heteroatoms. The number of carbonyl (C=O) groups is 1. The minimum absolute atomic E-state index is 0.0879. The van der Waals surface area contributed by atoms with Crippen LogP contribution in [0.15, 0.2) is 31.0 Å². The molecule has 3 aromatic rings. The molecule has 4 heterocycles. The molecule has 2 aliphatic heterocycles. The molecule has 1 aromatic carbocycles. The Hall–Kier alpha value is -3.73. The molecule has 1 spiro atoms. The summed E-state index contributed by atoms with van der Waals surface area (Å²) < 4.78 is 14.8. The normalized spacial score (nSPS) is 21.3. The molecule has 0 saturated carbocycles. The molecule has 3 aliphatic rings. The van der Waals surface area contributed by atoms with Crippen LogP contribution in [0.2, 0.25) is 0 Å². The lowest BCUT2D eigenvalue weighted by Gasteiger charge is -2.51. The quantitative estimate of drug-likeness (QED) is 0.503. The van der Waals surface area contributed by atoms with Crippen molar-refractivity contribution in [1.29, 1.82) is 5.26 Å². The van der Waals surface area contributed by atoms with Gasteiger partial charge >= 0.3 is 0 Å². The van der Waals surface area contributed by atoms with E-state index in [9.17, 15) is 14.4 Å². The molecule has 2 fully saturated rings. The summed E-state index contributed by atoms with van der Waals surface area (Å²) in [5.41, 5.74) is 6.29. The van der Waals surface area contributed by atoms with Crippen molar-refractivity contribution in [2.75, 3.05) is 31.2 Å². The number of hydrogen-bond acceptors (Lipinski definition) is 5. The molecular weight excluding hydrogens is 479 g/mol. The molecule has 0 bridgehead atoms. The summed E-state index contributed by atoms with van der Waals surface area (Å²) in [5.74, 6) is 0.455. The summed E-state index contributed by atoms with van der Waals surface area (Å²) in [6.07, 6.45) is 6.54. The monoisotopic (exact) mass is 512 g/mol. The van der Waals surface area contributed by atoms with Gasteiger partial charge in [-0.2, -0.15) is 10.4 Å². The van der Waals surface area contributed by atoms with Crippen LogP contribution in [0.5, 0.6) is 0 Å². The number of anilines is 1. The molecule has 1 amide bonds. The van der Waals surface area contributed by atoms with Gasteiger partial charge in [-0.05, 0) is 66.9 Å². The lowest BCUT2D eigenvalue weighted by atomic mass is 9.73. The first-order valence-corrected chi connectivity index (χ1v) is 13.3. The van der Waals surface area contributed by atoms with E-state index in [4.69, 9.17) is 4.98 Å². The molecule has 1 aliphatic carbocycles. The largest absolute Gasteiger partial charge is 0.349 e. The zero-order valence-electron chi connectivity index (χ0n) is 22.3. The third-order valence-corrected chi connectivity index (χ3v) is 9.11. The number of carbonyl (C=O) groups excluding carboxylic acids is 1. The average molecular weight is 513 g/mol. The average Bonchev–Trinajstić information content (AvgIpc) is 3.50. The Kier molecular flexibility index (Phi) is 5.60. The fourth-order valence-electron chi connectivity index (χ4n) is 6.99. The maximum Gasteiger partial charge on any atom is 0.245 e. The Morgan fingerprint density at radius 2 is 2.11 bits per heavy atom. The number of pyridine rings is 1. The first-order valence-electron chi connectivity index (χ1n) is 13.3. The van der Waals surface area contributed by atoms with Crippen LogP contribution in [0.3, 0.4) is 0 Å². The number of nitriles is 1. The van der Waals surface area contributed by atoms with Crippen molar-refractivity contribution in [2.45, 2.75) is 52.5 Å². The first-order chi connectivity index (χ1) is 18.2. The molecule has 7 nitrogen and oxygen atoms in total. The minimum Gasteiger partial charge on any atom is -0.349 e. The van der Waals surface area contributed by atoms with Crippen LogP contribution in [-0.2, 0) is 17.6 Å². The lowest BCUT2D eigenvalue weighted by molar-refractivity contribution is -0.138. The lowest BCUT2D eigenvalue weighted by Crippen LogP contribution is -2.63. The number of alkyl halides is 1. The van der Waals surface area contributed by atoms with Crippen molar-refractivity contribution in [3.63, 3.8) is 0 Å². The predicted molar refractivity (Wildman–Crippen MR) is 146 cm³/mol. The van der Waals surface area contributed by atoms with E-state index in [0.717, 1.165) is 64.5 Å². The van der Waals surface area contributed by atoms with E-state index in [1.54, 1.807) is 4.90 Å². The summed E-state index contributed by atoms with van der Waals surface area (Å²) in [4.78, 5) is 21.1. The second-order valence-electron chi connectivity index (χ2n) is 12.0. The number of nitrogens with one attached hydrogen (secondary N) is 1. The number of H-pyrrole nitrogens is 1. The molecule has 38 heavy (non-hydrogen) atoms. The number of aryl methyl sites for hydroxylation is 1. The van der Waals surface area contributed by atoms with E-state index < -0.39 is 12.7 Å². The number of amides is 1. The second-order valence-corrected chi connectivity index (χ2v) is 12.0. The number of aromatic nitrogens is 3. The van der Waals surface area contributed by atoms with Crippen LogP contribution in [0.25, 0.3) is 22.0 Å². The fourth-order valence-corrected chi connectivity index (χ4v) is 6.99. The molecular formula is C30H33FN6O. The third-order valence-electron chi connectivity index (χ3n) is 9.11. The van der Waals surface area contributed by atoms with Crippen LogP contribution in [-0.4, -0.2) is 58.3 Å². The van der Waals surface area contributed by atoms with Gasteiger partial charge in [-0.1, -0.05) is 26.5 Å². The van der Waals surface area contributed by atoms with Gasteiger partial charge < -0.3 is 9.80 Å². The predicted octanol–water partition coefficient (Wildman–Crippen LogP) is 4.88. The Bertz CT molecular complexity index is 1510. The number of hydrogen-bond donors (Lipinski definition) is 1. The number of benzene rings is 1. The van der Waals surface area contributed by atoms with Crippen molar-refractivity contribution >= 4 is 22.6 Å². The number of rotatable bonds is 4. The number of likely N-dealkylation sites (tertiary alicyclic amines) is 1. The minimum atomic E-state index is -0.559. The van der Waals surface area contributed by atoms with Gasteiger partial charge in [0.1, 0.15) is 24.1 Å². The first kappa shape index (κ1) is 24.6.